The van der Waals surface area contributed by atoms with Gasteiger partial charge in [0.1, 0.15) is 0 Å². The Morgan fingerprint density at radius 2 is 1.43 bits per heavy atom. The van der Waals surface area contributed by atoms with Crippen molar-refractivity contribution in [2.75, 3.05) is 31.5 Å². The van der Waals surface area contributed by atoms with Gasteiger partial charge in [0.15, 0.2) is 0 Å². The molecule has 1 saturated heterocycles. The zero-order chi connectivity index (χ0) is 20.3. The summed E-state index contributed by atoms with van der Waals surface area (Å²) in [4.78, 5) is 39.4. The predicted molar refractivity (Wildman–Crippen MR) is 109 cm³/mol. The van der Waals surface area contributed by atoms with E-state index in [-0.39, 0.29) is 11.8 Å². The summed E-state index contributed by atoms with van der Waals surface area (Å²) in [6, 6.07) is 10.8. The molecule has 0 spiro atoms. The normalized spacial score (nSPS) is 14.0. The van der Waals surface area contributed by atoms with Crippen LogP contribution in [0, 0.1) is 20.8 Å². The Morgan fingerprint density at radius 3 is 1.96 bits per heavy atom. The summed E-state index contributed by atoms with van der Waals surface area (Å²) in [5.74, 6) is -0.281. The molecule has 1 aliphatic heterocycles. The topological polar surface area (TPSA) is 69.7 Å². The van der Waals surface area contributed by atoms with Gasteiger partial charge in [0.05, 0.1) is 0 Å². The van der Waals surface area contributed by atoms with E-state index >= 15 is 0 Å². The molecule has 2 aromatic rings. The lowest BCUT2D eigenvalue weighted by atomic mass is 10.0. The van der Waals surface area contributed by atoms with Gasteiger partial charge in [-0.2, -0.15) is 0 Å². The van der Waals surface area contributed by atoms with Crippen LogP contribution in [0.15, 0.2) is 36.4 Å². The number of piperazine rings is 1. The molecule has 0 radical (unpaired) electrons. The van der Waals surface area contributed by atoms with Gasteiger partial charge in [0.25, 0.3) is 11.8 Å². The summed E-state index contributed by atoms with van der Waals surface area (Å²) in [5.41, 5.74) is 5.06. The average Bonchev–Trinajstić information content (AvgIpc) is 2.70. The van der Waals surface area contributed by atoms with Gasteiger partial charge < -0.3 is 15.1 Å². The lowest BCUT2D eigenvalue weighted by Crippen LogP contribution is -2.48. The van der Waals surface area contributed by atoms with E-state index in [1.807, 2.05) is 32.9 Å². The number of aryl methyl sites for hydroxylation is 3. The molecule has 1 heterocycles. The number of amides is 3. The molecule has 6 heteroatoms. The molecule has 6 nitrogen and oxygen atoms in total. The van der Waals surface area contributed by atoms with Crippen LogP contribution in [0.3, 0.4) is 0 Å². The largest absolute Gasteiger partial charge is 0.342 e. The molecular formula is C22H25N3O3. The van der Waals surface area contributed by atoms with Crippen molar-refractivity contribution in [2.45, 2.75) is 20.8 Å². The van der Waals surface area contributed by atoms with E-state index in [9.17, 15) is 14.4 Å². The zero-order valence-corrected chi connectivity index (χ0v) is 16.5. The van der Waals surface area contributed by atoms with E-state index in [4.69, 9.17) is 0 Å². The zero-order valence-electron chi connectivity index (χ0n) is 16.5. The highest BCUT2D eigenvalue weighted by Gasteiger charge is 2.21. The molecule has 1 aliphatic rings. The standard InChI is InChI=1S/C22H25N3O3/c1-15-12-16(2)20(17(3)13-15)23-21(27)18-4-6-19(7-5-18)22(28)25-10-8-24(14-26)9-11-25/h4-7,12-14H,8-11H2,1-3H3,(H,23,27). The molecule has 3 amide bonds. The van der Waals surface area contributed by atoms with Crippen molar-refractivity contribution in [1.29, 1.82) is 0 Å². The molecule has 1 N–H and O–H groups in total. The first-order valence-electron chi connectivity index (χ1n) is 9.37. The number of anilines is 1. The molecule has 0 aliphatic carbocycles. The third-order valence-corrected chi connectivity index (χ3v) is 5.06. The third-order valence-electron chi connectivity index (χ3n) is 5.06. The molecule has 0 bridgehead atoms. The van der Waals surface area contributed by atoms with Gasteiger partial charge in [-0.05, 0) is 56.2 Å². The lowest BCUT2D eigenvalue weighted by Gasteiger charge is -2.32. The summed E-state index contributed by atoms with van der Waals surface area (Å²) < 4.78 is 0. The van der Waals surface area contributed by atoms with Crippen molar-refractivity contribution in [2.24, 2.45) is 0 Å². The first-order chi connectivity index (χ1) is 13.4. The fraction of sp³-hybridized carbons (Fsp3) is 0.318. The van der Waals surface area contributed by atoms with E-state index < -0.39 is 0 Å². The maximum atomic E-state index is 12.6. The highest BCUT2D eigenvalue weighted by Crippen LogP contribution is 2.22. The fourth-order valence-corrected chi connectivity index (χ4v) is 3.54. The molecule has 0 unspecified atom stereocenters. The molecule has 0 aromatic heterocycles. The number of carbonyl (C=O) groups is 3. The first kappa shape index (κ1) is 19.6. The second-order valence-electron chi connectivity index (χ2n) is 7.24. The van der Waals surface area contributed by atoms with Crippen LogP contribution in [0.2, 0.25) is 0 Å². The Morgan fingerprint density at radius 1 is 0.893 bits per heavy atom. The second-order valence-corrected chi connectivity index (χ2v) is 7.24. The quantitative estimate of drug-likeness (QED) is 0.831. The predicted octanol–water partition coefficient (Wildman–Crippen LogP) is 2.78. The monoisotopic (exact) mass is 379 g/mol. The smallest absolute Gasteiger partial charge is 0.255 e. The number of hydrogen-bond donors (Lipinski definition) is 1. The van der Waals surface area contributed by atoms with E-state index in [2.05, 4.69) is 5.32 Å². The van der Waals surface area contributed by atoms with E-state index in [1.165, 1.54) is 0 Å². The van der Waals surface area contributed by atoms with Crippen LogP contribution < -0.4 is 5.32 Å². The molecule has 0 saturated carbocycles. The average molecular weight is 379 g/mol. The Balaban J connectivity index is 1.68. The van der Waals surface area contributed by atoms with Crippen molar-refractivity contribution >= 4 is 23.9 Å². The van der Waals surface area contributed by atoms with Crippen molar-refractivity contribution in [3.8, 4) is 0 Å². The third kappa shape index (κ3) is 4.22. The van der Waals surface area contributed by atoms with Crippen molar-refractivity contribution < 1.29 is 14.4 Å². The summed E-state index contributed by atoms with van der Waals surface area (Å²) in [7, 11) is 0. The molecule has 2 aromatic carbocycles. The Hall–Kier alpha value is -3.15. The van der Waals surface area contributed by atoms with Crippen LogP contribution >= 0.6 is 0 Å². The van der Waals surface area contributed by atoms with Gasteiger partial charge >= 0.3 is 0 Å². The van der Waals surface area contributed by atoms with Crippen LogP contribution in [-0.4, -0.2) is 54.2 Å². The van der Waals surface area contributed by atoms with Crippen LogP contribution in [-0.2, 0) is 4.79 Å². The van der Waals surface area contributed by atoms with Crippen LogP contribution in [0.25, 0.3) is 0 Å². The second kappa shape index (κ2) is 8.25. The number of nitrogens with zero attached hydrogens (tertiary/aromatic N) is 2. The lowest BCUT2D eigenvalue weighted by molar-refractivity contribution is -0.119. The highest BCUT2D eigenvalue weighted by atomic mass is 16.2. The van der Waals surface area contributed by atoms with E-state index in [1.54, 1.807) is 34.1 Å². The van der Waals surface area contributed by atoms with Crippen molar-refractivity contribution in [1.82, 2.24) is 9.80 Å². The number of benzene rings is 2. The minimum atomic E-state index is -0.200. The van der Waals surface area contributed by atoms with Gasteiger partial charge in [0.2, 0.25) is 6.41 Å². The molecule has 0 atom stereocenters. The van der Waals surface area contributed by atoms with Crippen molar-refractivity contribution in [3.63, 3.8) is 0 Å². The minimum Gasteiger partial charge on any atom is -0.342 e. The molecule has 28 heavy (non-hydrogen) atoms. The fourth-order valence-electron chi connectivity index (χ4n) is 3.54. The van der Waals surface area contributed by atoms with E-state index in [0.29, 0.717) is 37.3 Å². The number of hydrogen-bond acceptors (Lipinski definition) is 3. The summed E-state index contributed by atoms with van der Waals surface area (Å²) >= 11 is 0. The van der Waals surface area contributed by atoms with Gasteiger partial charge in [-0.15, -0.1) is 0 Å². The van der Waals surface area contributed by atoms with Crippen LogP contribution in [0.4, 0.5) is 5.69 Å². The molecular weight excluding hydrogens is 354 g/mol. The maximum absolute atomic E-state index is 12.6. The number of rotatable bonds is 4. The van der Waals surface area contributed by atoms with Gasteiger partial charge in [-0.1, -0.05) is 17.7 Å². The Labute approximate surface area is 165 Å². The first-order valence-corrected chi connectivity index (χ1v) is 9.37. The Kier molecular flexibility index (Phi) is 5.78. The highest BCUT2D eigenvalue weighted by molar-refractivity contribution is 6.05. The summed E-state index contributed by atoms with van der Waals surface area (Å²) in [5, 5.41) is 2.97. The SMILES string of the molecule is Cc1cc(C)c(NC(=O)c2ccc(C(=O)N3CCN(C=O)CC3)cc2)c(C)c1. The molecule has 1 fully saturated rings. The number of nitrogens with one attached hydrogen (secondary N) is 1. The van der Waals surface area contributed by atoms with Gasteiger partial charge in [-0.25, -0.2) is 0 Å². The summed E-state index contributed by atoms with van der Waals surface area (Å²) in [6.07, 6.45) is 0.812. The van der Waals surface area contributed by atoms with Crippen LogP contribution in [0.5, 0.6) is 0 Å². The summed E-state index contributed by atoms with van der Waals surface area (Å²) in [6.45, 7) is 8.11. The van der Waals surface area contributed by atoms with E-state index in [0.717, 1.165) is 28.8 Å². The molecule has 3 rings (SSSR count). The van der Waals surface area contributed by atoms with Crippen molar-refractivity contribution in [3.05, 3.63) is 64.2 Å². The van der Waals surface area contributed by atoms with Gasteiger partial charge in [0, 0.05) is 43.0 Å². The maximum Gasteiger partial charge on any atom is 0.255 e. The number of carbonyl (C=O) groups excluding carboxylic acids is 3. The van der Waals surface area contributed by atoms with Gasteiger partial charge in [-0.3, -0.25) is 14.4 Å². The Bertz CT molecular complexity index is 875. The van der Waals surface area contributed by atoms with Crippen LogP contribution in [0.1, 0.15) is 37.4 Å². The minimum absolute atomic E-state index is 0.0808. The molecule has 146 valence electrons.